The van der Waals surface area contributed by atoms with Gasteiger partial charge in [0.1, 0.15) is 6.33 Å². The molecule has 0 saturated heterocycles. The third-order valence-electron chi connectivity index (χ3n) is 2.01. The van der Waals surface area contributed by atoms with Gasteiger partial charge in [0.15, 0.2) is 5.16 Å². The van der Waals surface area contributed by atoms with Crippen molar-refractivity contribution >= 4 is 11.8 Å². The molecule has 0 aliphatic rings. The van der Waals surface area contributed by atoms with Gasteiger partial charge in [0, 0.05) is 18.5 Å². The van der Waals surface area contributed by atoms with E-state index in [0.717, 1.165) is 15.6 Å². The molecule has 0 bridgehead atoms. The number of nitrogens with two attached hydrogens (primary N) is 1. The first-order valence-corrected chi connectivity index (χ1v) is 5.42. The average molecular weight is 220 g/mol. The number of benzene rings is 1. The number of aromatic nitrogens is 3. The van der Waals surface area contributed by atoms with E-state index in [1.54, 1.807) is 22.8 Å². The number of hydrogen-bond donors (Lipinski definition) is 1. The smallest absolute Gasteiger partial charge is 0.190 e. The summed E-state index contributed by atoms with van der Waals surface area (Å²) in [6, 6.07) is 8.12. The Morgan fingerprint density at radius 3 is 3.00 bits per heavy atom. The fraction of sp³-hybridized carbons (Fsp3) is 0.200. The van der Waals surface area contributed by atoms with Crippen LogP contribution in [0, 0.1) is 0 Å². The molecular formula is C10H12N4S. The summed E-state index contributed by atoms with van der Waals surface area (Å²) >= 11 is 1.58. The first-order valence-electron chi connectivity index (χ1n) is 4.60. The summed E-state index contributed by atoms with van der Waals surface area (Å²) < 4.78 is 1.75. The van der Waals surface area contributed by atoms with Crippen molar-refractivity contribution in [2.75, 3.05) is 0 Å². The Morgan fingerprint density at radius 2 is 2.33 bits per heavy atom. The largest absolute Gasteiger partial charge is 0.326 e. The highest BCUT2D eigenvalue weighted by Crippen LogP contribution is 2.25. The van der Waals surface area contributed by atoms with Gasteiger partial charge in [-0.15, -0.1) is 0 Å². The van der Waals surface area contributed by atoms with E-state index >= 15 is 0 Å². The Labute approximate surface area is 92.5 Å². The lowest BCUT2D eigenvalue weighted by Gasteiger charge is -2.02. The van der Waals surface area contributed by atoms with Gasteiger partial charge in [-0.3, -0.25) is 0 Å². The van der Waals surface area contributed by atoms with Gasteiger partial charge in [0.05, 0.1) is 0 Å². The molecule has 0 fully saturated rings. The molecule has 0 saturated carbocycles. The molecule has 0 unspecified atom stereocenters. The van der Waals surface area contributed by atoms with Crippen molar-refractivity contribution in [3.63, 3.8) is 0 Å². The van der Waals surface area contributed by atoms with Gasteiger partial charge >= 0.3 is 0 Å². The molecule has 0 aliphatic carbocycles. The van der Waals surface area contributed by atoms with Crippen molar-refractivity contribution in [3.05, 3.63) is 36.2 Å². The molecule has 15 heavy (non-hydrogen) atoms. The van der Waals surface area contributed by atoms with Crippen LogP contribution in [0.5, 0.6) is 0 Å². The summed E-state index contributed by atoms with van der Waals surface area (Å²) in [4.78, 5) is 5.28. The fourth-order valence-corrected chi connectivity index (χ4v) is 2.07. The maximum absolute atomic E-state index is 5.58. The second-order valence-corrected chi connectivity index (χ2v) is 4.16. The molecule has 1 aromatic carbocycles. The monoisotopic (exact) mass is 220 g/mol. The van der Waals surface area contributed by atoms with E-state index in [1.807, 2.05) is 25.2 Å². The Hall–Kier alpha value is -1.33. The first-order chi connectivity index (χ1) is 7.29. The van der Waals surface area contributed by atoms with E-state index in [4.69, 9.17) is 5.73 Å². The Balaban J connectivity index is 2.21. The van der Waals surface area contributed by atoms with Crippen LogP contribution in [0.25, 0.3) is 0 Å². The maximum atomic E-state index is 5.58. The first kappa shape index (κ1) is 10.2. The summed E-state index contributed by atoms with van der Waals surface area (Å²) in [5.74, 6) is 0. The lowest BCUT2D eigenvalue weighted by Crippen LogP contribution is -1.96. The van der Waals surface area contributed by atoms with E-state index in [9.17, 15) is 0 Å². The van der Waals surface area contributed by atoms with Crippen molar-refractivity contribution in [1.29, 1.82) is 0 Å². The average Bonchev–Trinajstić information content (AvgIpc) is 2.65. The molecule has 0 spiro atoms. The van der Waals surface area contributed by atoms with Crippen LogP contribution >= 0.6 is 11.8 Å². The summed E-state index contributed by atoms with van der Waals surface area (Å²) in [7, 11) is 1.88. The highest BCUT2D eigenvalue weighted by atomic mass is 32.2. The minimum absolute atomic E-state index is 0.563. The number of hydrogen-bond acceptors (Lipinski definition) is 4. The van der Waals surface area contributed by atoms with E-state index in [1.165, 1.54) is 0 Å². The zero-order valence-electron chi connectivity index (χ0n) is 8.42. The summed E-state index contributed by atoms with van der Waals surface area (Å²) in [5, 5.41) is 4.89. The van der Waals surface area contributed by atoms with Crippen LogP contribution in [0.4, 0.5) is 0 Å². The Bertz CT molecular complexity index is 452. The van der Waals surface area contributed by atoms with Gasteiger partial charge in [-0.05, 0) is 17.7 Å². The minimum atomic E-state index is 0.563. The maximum Gasteiger partial charge on any atom is 0.190 e. The molecular weight excluding hydrogens is 208 g/mol. The molecule has 2 rings (SSSR count). The number of aryl methyl sites for hydroxylation is 1. The normalized spacial score (nSPS) is 10.5. The van der Waals surface area contributed by atoms with Crippen molar-refractivity contribution in [1.82, 2.24) is 14.8 Å². The van der Waals surface area contributed by atoms with Crippen LogP contribution in [0.1, 0.15) is 5.56 Å². The van der Waals surface area contributed by atoms with Crippen LogP contribution in [0.2, 0.25) is 0 Å². The zero-order valence-corrected chi connectivity index (χ0v) is 9.24. The SMILES string of the molecule is Cn1ncnc1Sc1cccc(CN)c1. The lowest BCUT2D eigenvalue weighted by molar-refractivity contribution is 0.685. The molecule has 4 nitrogen and oxygen atoms in total. The third kappa shape index (κ3) is 2.37. The molecule has 1 heterocycles. The molecule has 0 amide bonds. The zero-order chi connectivity index (χ0) is 10.7. The van der Waals surface area contributed by atoms with E-state index in [2.05, 4.69) is 16.1 Å². The van der Waals surface area contributed by atoms with E-state index < -0.39 is 0 Å². The molecule has 78 valence electrons. The summed E-state index contributed by atoms with van der Waals surface area (Å²) in [6.45, 7) is 0.563. The van der Waals surface area contributed by atoms with Gasteiger partial charge in [-0.1, -0.05) is 23.9 Å². The van der Waals surface area contributed by atoms with Crippen LogP contribution in [-0.4, -0.2) is 14.8 Å². The second-order valence-electron chi connectivity index (χ2n) is 3.12. The molecule has 2 aromatic rings. The van der Waals surface area contributed by atoms with Gasteiger partial charge in [-0.2, -0.15) is 5.10 Å². The predicted molar refractivity (Wildman–Crippen MR) is 59.5 cm³/mol. The predicted octanol–water partition coefficient (Wildman–Crippen LogP) is 1.43. The third-order valence-corrected chi connectivity index (χ3v) is 3.05. The van der Waals surface area contributed by atoms with Gasteiger partial charge < -0.3 is 5.73 Å². The molecule has 0 atom stereocenters. The fourth-order valence-electron chi connectivity index (χ4n) is 1.22. The molecule has 0 radical (unpaired) electrons. The molecule has 5 heteroatoms. The van der Waals surface area contributed by atoms with Crippen molar-refractivity contribution in [2.45, 2.75) is 16.6 Å². The molecule has 1 aromatic heterocycles. The van der Waals surface area contributed by atoms with Crippen molar-refractivity contribution in [2.24, 2.45) is 12.8 Å². The van der Waals surface area contributed by atoms with Gasteiger partial charge in [-0.25, -0.2) is 9.67 Å². The lowest BCUT2D eigenvalue weighted by atomic mass is 10.2. The molecule has 2 N–H and O–H groups in total. The van der Waals surface area contributed by atoms with E-state index in [0.29, 0.717) is 6.54 Å². The number of nitrogens with zero attached hydrogens (tertiary/aromatic N) is 3. The van der Waals surface area contributed by atoms with Crippen LogP contribution in [-0.2, 0) is 13.6 Å². The van der Waals surface area contributed by atoms with Crippen LogP contribution in [0.3, 0.4) is 0 Å². The topological polar surface area (TPSA) is 56.7 Å². The Kier molecular flexibility index (Phi) is 3.03. The Morgan fingerprint density at radius 1 is 1.47 bits per heavy atom. The van der Waals surface area contributed by atoms with Crippen LogP contribution < -0.4 is 5.73 Å². The standard InChI is InChI=1S/C10H12N4S/c1-14-10(12-7-13-14)15-9-4-2-3-8(5-9)6-11/h2-5,7H,6,11H2,1H3. The van der Waals surface area contributed by atoms with Gasteiger partial charge in [0.25, 0.3) is 0 Å². The van der Waals surface area contributed by atoms with E-state index in [-0.39, 0.29) is 0 Å². The highest BCUT2D eigenvalue weighted by Gasteiger charge is 2.03. The van der Waals surface area contributed by atoms with Crippen molar-refractivity contribution in [3.8, 4) is 0 Å². The number of rotatable bonds is 3. The minimum Gasteiger partial charge on any atom is -0.326 e. The van der Waals surface area contributed by atoms with Crippen LogP contribution in [0.15, 0.2) is 40.6 Å². The quantitative estimate of drug-likeness (QED) is 0.850. The second kappa shape index (κ2) is 4.46. The summed E-state index contributed by atoms with van der Waals surface area (Å²) in [5.41, 5.74) is 6.71. The summed E-state index contributed by atoms with van der Waals surface area (Å²) in [6.07, 6.45) is 1.55. The van der Waals surface area contributed by atoms with Gasteiger partial charge in [0.2, 0.25) is 0 Å². The van der Waals surface area contributed by atoms with Crippen molar-refractivity contribution < 1.29 is 0 Å². The highest BCUT2D eigenvalue weighted by molar-refractivity contribution is 7.99. The molecule has 0 aliphatic heterocycles.